The Kier molecular flexibility index (Phi) is 5.99. The average molecular weight is 421 g/mol. The zero-order valence-corrected chi connectivity index (χ0v) is 17.9. The van der Waals surface area contributed by atoms with Gasteiger partial charge in [0.2, 0.25) is 0 Å². The Labute approximate surface area is 179 Å². The highest BCUT2D eigenvalue weighted by Crippen LogP contribution is 2.26. The minimum atomic E-state index is -0.133. The molecule has 6 nitrogen and oxygen atoms in total. The van der Waals surface area contributed by atoms with Gasteiger partial charge in [0.15, 0.2) is 0 Å². The van der Waals surface area contributed by atoms with Crippen molar-refractivity contribution in [2.75, 3.05) is 11.9 Å². The summed E-state index contributed by atoms with van der Waals surface area (Å²) in [5, 5.41) is 5.09. The number of nitrogens with zero attached hydrogens (tertiary/aromatic N) is 3. The molecule has 0 saturated heterocycles. The Bertz CT molecular complexity index is 1110. The largest absolute Gasteiger partial charge is 0.490 e. The summed E-state index contributed by atoms with van der Waals surface area (Å²) in [7, 11) is 0. The molecule has 0 aliphatic heterocycles. The first-order valence-electron chi connectivity index (χ1n) is 9.80. The quantitative estimate of drug-likeness (QED) is 0.448. The predicted molar refractivity (Wildman–Crippen MR) is 119 cm³/mol. The fraction of sp³-hybridized carbons (Fsp3) is 0.217. The van der Waals surface area contributed by atoms with Gasteiger partial charge < -0.3 is 19.2 Å². The van der Waals surface area contributed by atoms with Gasteiger partial charge in [-0.25, -0.2) is 4.98 Å². The molecule has 0 saturated carbocycles. The molecule has 0 aliphatic carbocycles. The Hall–Kier alpha value is -3.32. The van der Waals surface area contributed by atoms with E-state index in [9.17, 15) is 4.79 Å². The Morgan fingerprint density at radius 2 is 2.07 bits per heavy atom. The number of anilines is 1. The molecule has 0 fully saturated rings. The van der Waals surface area contributed by atoms with E-state index in [1.165, 1.54) is 4.88 Å². The van der Waals surface area contributed by atoms with Crippen LogP contribution in [0.1, 0.15) is 26.6 Å². The lowest BCUT2D eigenvalue weighted by Gasteiger charge is -2.13. The molecule has 4 aromatic rings. The number of imidazole rings is 1. The number of hydrogen-bond acceptors (Lipinski definition) is 4. The molecule has 3 aromatic heterocycles. The lowest BCUT2D eigenvalue weighted by Crippen LogP contribution is -2.15. The van der Waals surface area contributed by atoms with E-state index in [0.717, 1.165) is 17.9 Å². The summed E-state index contributed by atoms with van der Waals surface area (Å²) < 4.78 is 10.0. The van der Waals surface area contributed by atoms with Crippen LogP contribution < -0.4 is 10.1 Å². The van der Waals surface area contributed by atoms with Gasteiger partial charge in [-0.1, -0.05) is 18.2 Å². The highest BCUT2D eigenvalue weighted by atomic mass is 32.1. The number of aromatic nitrogens is 3. The van der Waals surface area contributed by atoms with E-state index < -0.39 is 0 Å². The first kappa shape index (κ1) is 20.0. The monoisotopic (exact) mass is 420 g/mol. The van der Waals surface area contributed by atoms with E-state index in [2.05, 4.69) is 26.3 Å². The molecule has 1 aromatic carbocycles. The van der Waals surface area contributed by atoms with Gasteiger partial charge in [0.1, 0.15) is 12.4 Å². The van der Waals surface area contributed by atoms with Crippen LogP contribution in [0.25, 0.3) is 0 Å². The predicted octanol–water partition coefficient (Wildman–Crippen LogP) is 4.74. The number of carbonyl (C=O) groups is 1. The number of thiophene rings is 1. The SMILES string of the molecule is Cc1cc(C(=O)Nc2ccccc2OCCn2ccnc2)c(C)n1Cc1cccs1. The zero-order valence-electron chi connectivity index (χ0n) is 17.0. The van der Waals surface area contributed by atoms with Crippen LogP contribution in [0.2, 0.25) is 0 Å². The summed E-state index contributed by atoms with van der Waals surface area (Å²) >= 11 is 1.72. The molecule has 154 valence electrons. The third kappa shape index (κ3) is 4.46. The van der Waals surface area contributed by atoms with E-state index in [1.54, 1.807) is 23.9 Å². The van der Waals surface area contributed by atoms with Gasteiger partial charge in [-0.15, -0.1) is 11.3 Å². The van der Waals surface area contributed by atoms with Crippen LogP contribution in [0, 0.1) is 13.8 Å². The minimum Gasteiger partial charge on any atom is -0.490 e. The van der Waals surface area contributed by atoms with Crippen molar-refractivity contribution in [1.29, 1.82) is 0 Å². The molecule has 0 spiro atoms. The summed E-state index contributed by atoms with van der Waals surface area (Å²) in [4.78, 5) is 18.3. The number of ether oxygens (including phenoxy) is 1. The van der Waals surface area contributed by atoms with E-state index in [1.807, 2.05) is 61.0 Å². The van der Waals surface area contributed by atoms with Crippen LogP contribution in [0.15, 0.2) is 66.6 Å². The highest BCUT2D eigenvalue weighted by molar-refractivity contribution is 7.09. The molecule has 1 amide bonds. The first-order valence-corrected chi connectivity index (χ1v) is 10.7. The summed E-state index contributed by atoms with van der Waals surface area (Å²) in [6.07, 6.45) is 5.38. The molecular formula is C23H24N4O2S. The smallest absolute Gasteiger partial charge is 0.257 e. The summed E-state index contributed by atoms with van der Waals surface area (Å²) in [6, 6.07) is 13.6. The number of nitrogens with one attached hydrogen (secondary N) is 1. The Balaban J connectivity index is 1.46. The van der Waals surface area contributed by atoms with Crippen LogP contribution >= 0.6 is 11.3 Å². The number of hydrogen-bond donors (Lipinski definition) is 1. The Morgan fingerprint density at radius 3 is 2.83 bits per heavy atom. The van der Waals surface area contributed by atoms with Crippen molar-refractivity contribution in [3.63, 3.8) is 0 Å². The second-order valence-corrected chi connectivity index (χ2v) is 8.08. The van der Waals surface area contributed by atoms with Crippen molar-refractivity contribution in [3.05, 3.63) is 88.4 Å². The van der Waals surface area contributed by atoms with E-state index in [4.69, 9.17) is 4.74 Å². The maximum Gasteiger partial charge on any atom is 0.257 e. The molecule has 4 rings (SSSR count). The van der Waals surface area contributed by atoms with E-state index >= 15 is 0 Å². The van der Waals surface area contributed by atoms with Crippen molar-refractivity contribution >= 4 is 22.9 Å². The van der Waals surface area contributed by atoms with Crippen LogP contribution in [0.4, 0.5) is 5.69 Å². The molecule has 30 heavy (non-hydrogen) atoms. The number of benzene rings is 1. The van der Waals surface area contributed by atoms with Crippen LogP contribution in [0.5, 0.6) is 5.75 Å². The van der Waals surface area contributed by atoms with Gasteiger partial charge in [-0.05, 0) is 43.5 Å². The van der Waals surface area contributed by atoms with Crippen molar-refractivity contribution in [1.82, 2.24) is 14.1 Å². The van der Waals surface area contributed by atoms with Crippen LogP contribution in [0.3, 0.4) is 0 Å². The molecule has 7 heteroatoms. The number of amides is 1. The lowest BCUT2D eigenvalue weighted by molar-refractivity contribution is 0.102. The van der Waals surface area contributed by atoms with Crippen molar-refractivity contribution < 1.29 is 9.53 Å². The lowest BCUT2D eigenvalue weighted by atomic mass is 10.2. The van der Waals surface area contributed by atoms with Crippen molar-refractivity contribution in [2.45, 2.75) is 26.9 Å². The molecule has 1 N–H and O–H groups in total. The van der Waals surface area contributed by atoms with Gasteiger partial charge in [0, 0.05) is 28.7 Å². The Morgan fingerprint density at radius 1 is 1.20 bits per heavy atom. The maximum atomic E-state index is 13.0. The van der Waals surface area contributed by atoms with Crippen LogP contribution in [-0.2, 0) is 13.1 Å². The maximum absolute atomic E-state index is 13.0. The fourth-order valence-corrected chi connectivity index (χ4v) is 4.09. The summed E-state index contributed by atoms with van der Waals surface area (Å²) in [5.41, 5.74) is 3.36. The van der Waals surface area contributed by atoms with Crippen LogP contribution in [-0.4, -0.2) is 26.6 Å². The highest BCUT2D eigenvalue weighted by Gasteiger charge is 2.17. The topological polar surface area (TPSA) is 61.1 Å². The summed E-state index contributed by atoms with van der Waals surface area (Å²) in [5.74, 6) is 0.518. The third-order valence-corrected chi connectivity index (χ3v) is 5.87. The molecular weight excluding hydrogens is 396 g/mol. The van der Waals surface area contributed by atoms with Crippen molar-refractivity contribution in [2.24, 2.45) is 0 Å². The molecule has 0 atom stereocenters. The minimum absolute atomic E-state index is 0.133. The standard InChI is InChI=1S/C23H24N4O2S/c1-17-14-20(18(2)27(17)15-19-6-5-13-30-19)23(28)25-21-7-3-4-8-22(21)29-12-11-26-10-9-24-16-26/h3-10,13-14,16H,11-12,15H2,1-2H3,(H,25,28). The fourth-order valence-electron chi connectivity index (χ4n) is 3.40. The van der Waals surface area contributed by atoms with Gasteiger partial charge in [-0.3, -0.25) is 4.79 Å². The van der Waals surface area contributed by atoms with Gasteiger partial charge in [0.25, 0.3) is 5.91 Å². The molecule has 0 unspecified atom stereocenters. The average Bonchev–Trinajstić information content (AvgIpc) is 3.49. The number of aryl methyl sites for hydroxylation is 1. The normalized spacial score (nSPS) is 10.9. The second kappa shape index (κ2) is 9.00. The first-order chi connectivity index (χ1) is 14.6. The third-order valence-electron chi connectivity index (χ3n) is 5.01. The molecule has 0 bridgehead atoms. The van der Waals surface area contributed by atoms with E-state index in [-0.39, 0.29) is 5.91 Å². The number of carbonyl (C=O) groups excluding carboxylic acids is 1. The molecule has 0 aliphatic rings. The van der Waals surface area contributed by atoms with Gasteiger partial charge in [-0.2, -0.15) is 0 Å². The zero-order chi connectivity index (χ0) is 20.9. The molecule has 0 radical (unpaired) electrons. The second-order valence-electron chi connectivity index (χ2n) is 7.05. The van der Waals surface area contributed by atoms with Gasteiger partial charge >= 0.3 is 0 Å². The number of rotatable bonds is 8. The van der Waals surface area contributed by atoms with Crippen molar-refractivity contribution in [3.8, 4) is 5.75 Å². The van der Waals surface area contributed by atoms with Gasteiger partial charge in [0.05, 0.1) is 30.7 Å². The summed E-state index contributed by atoms with van der Waals surface area (Å²) in [6.45, 7) is 5.97. The van der Waals surface area contributed by atoms with E-state index in [0.29, 0.717) is 30.2 Å². The molecule has 3 heterocycles. The number of para-hydroxylation sites is 2.